The molecule has 3 aromatic rings. The van der Waals surface area contributed by atoms with Crippen LogP contribution in [-0.4, -0.2) is 10.5 Å². The molecule has 3 rings (SSSR count). The van der Waals surface area contributed by atoms with E-state index in [1.54, 1.807) is 48.7 Å². The molecule has 0 atom stereocenters. The monoisotopic (exact) mass is 322 g/mol. The van der Waals surface area contributed by atoms with Crippen molar-refractivity contribution in [2.45, 2.75) is 6.54 Å². The van der Waals surface area contributed by atoms with E-state index in [1.165, 1.54) is 22.8 Å². The Morgan fingerprint density at radius 3 is 2.54 bits per heavy atom. The van der Waals surface area contributed by atoms with Gasteiger partial charge in [-0.15, -0.1) is 0 Å². The first-order valence-electron chi connectivity index (χ1n) is 7.44. The Morgan fingerprint density at radius 2 is 1.79 bits per heavy atom. The Hall–Kier alpha value is -3.21. The van der Waals surface area contributed by atoms with E-state index in [0.29, 0.717) is 11.3 Å². The second-order valence-corrected chi connectivity index (χ2v) is 5.30. The van der Waals surface area contributed by atoms with Gasteiger partial charge in [-0.2, -0.15) is 0 Å². The number of halogens is 1. The fourth-order valence-corrected chi connectivity index (χ4v) is 2.39. The van der Waals surface area contributed by atoms with Gasteiger partial charge in [0.25, 0.3) is 11.5 Å². The lowest BCUT2D eigenvalue weighted by molar-refractivity contribution is 0.102. The molecule has 0 fully saturated rings. The molecular formula is C19H15FN2O2. The van der Waals surface area contributed by atoms with Crippen LogP contribution in [0, 0.1) is 5.82 Å². The van der Waals surface area contributed by atoms with Crippen LogP contribution in [0.5, 0.6) is 0 Å². The minimum atomic E-state index is -0.472. The lowest BCUT2D eigenvalue weighted by atomic mass is 10.2. The number of hydrogen-bond donors (Lipinski definition) is 1. The zero-order chi connectivity index (χ0) is 16.9. The fraction of sp³-hybridized carbons (Fsp3) is 0.0526. The van der Waals surface area contributed by atoms with Crippen LogP contribution in [0.15, 0.2) is 77.7 Å². The van der Waals surface area contributed by atoms with E-state index < -0.39 is 11.5 Å². The highest BCUT2D eigenvalue weighted by molar-refractivity contribution is 6.03. The second kappa shape index (κ2) is 6.91. The molecule has 0 spiro atoms. The third kappa shape index (κ3) is 3.57. The highest BCUT2D eigenvalue weighted by Crippen LogP contribution is 2.08. The lowest BCUT2D eigenvalue weighted by Crippen LogP contribution is -2.29. The molecule has 0 bridgehead atoms. The Morgan fingerprint density at radius 1 is 1.00 bits per heavy atom. The quantitative estimate of drug-likeness (QED) is 0.801. The van der Waals surface area contributed by atoms with Crippen molar-refractivity contribution in [3.05, 3.63) is 100 Å². The molecule has 4 nitrogen and oxygen atoms in total. The summed E-state index contributed by atoms with van der Waals surface area (Å²) in [6.07, 6.45) is 1.58. The molecule has 0 radical (unpaired) electrons. The summed E-state index contributed by atoms with van der Waals surface area (Å²) in [4.78, 5) is 24.8. The molecule has 1 aromatic heterocycles. The Balaban J connectivity index is 1.85. The number of rotatable bonds is 4. The predicted octanol–water partition coefficient (Wildman–Crippen LogP) is 3.29. The number of carbonyl (C=O) groups is 1. The van der Waals surface area contributed by atoms with E-state index in [-0.39, 0.29) is 17.9 Å². The summed E-state index contributed by atoms with van der Waals surface area (Å²) in [5.74, 6) is -0.835. The van der Waals surface area contributed by atoms with E-state index in [1.807, 2.05) is 6.07 Å². The van der Waals surface area contributed by atoms with Gasteiger partial charge < -0.3 is 9.88 Å². The van der Waals surface area contributed by atoms with Crippen LogP contribution >= 0.6 is 0 Å². The van der Waals surface area contributed by atoms with Gasteiger partial charge >= 0.3 is 0 Å². The SMILES string of the molecule is O=C(Nc1ccccc1)c1cccn(Cc2cccc(F)c2)c1=O. The van der Waals surface area contributed by atoms with Crippen LogP contribution in [0.2, 0.25) is 0 Å². The average Bonchev–Trinajstić information content (AvgIpc) is 2.58. The topological polar surface area (TPSA) is 51.1 Å². The van der Waals surface area contributed by atoms with Gasteiger partial charge in [-0.1, -0.05) is 30.3 Å². The first-order valence-corrected chi connectivity index (χ1v) is 7.44. The number of pyridine rings is 1. The van der Waals surface area contributed by atoms with Crippen LogP contribution < -0.4 is 10.9 Å². The molecule has 0 aliphatic rings. The average molecular weight is 322 g/mol. The highest BCUT2D eigenvalue weighted by Gasteiger charge is 2.12. The molecule has 1 amide bonds. The number of benzene rings is 2. The molecule has 1 N–H and O–H groups in total. The van der Waals surface area contributed by atoms with Gasteiger partial charge in [-0.3, -0.25) is 9.59 Å². The van der Waals surface area contributed by atoms with Gasteiger partial charge in [0, 0.05) is 11.9 Å². The third-order valence-corrected chi connectivity index (χ3v) is 3.54. The van der Waals surface area contributed by atoms with Crippen molar-refractivity contribution in [1.29, 1.82) is 0 Å². The number of carbonyl (C=O) groups excluding carboxylic acids is 1. The van der Waals surface area contributed by atoms with E-state index in [4.69, 9.17) is 0 Å². The Kier molecular flexibility index (Phi) is 4.52. The van der Waals surface area contributed by atoms with Crippen LogP contribution in [0.4, 0.5) is 10.1 Å². The molecule has 24 heavy (non-hydrogen) atoms. The van der Waals surface area contributed by atoms with Crippen LogP contribution in [0.25, 0.3) is 0 Å². The number of nitrogens with one attached hydrogen (secondary N) is 1. The molecule has 0 saturated carbocycles. The second-order valence-electron chi connectivity index (χ2n) is 5.30. The maximum Gasteiger partial charge on any atom is 0.263 e. The summed E-state index contributed by atoms with van der Waals surface area (Å²) < 4.78 is 14.7. The summed E-state index contributed by atoms with van der Waals surface area (Å²) in [7, 11) is 0. The van der Waals surface area contributed by atoms with E-state index in [2.05, 4.69) is 5.32 Å². The molecular weight excluding hydrogens is 307 g/mol. The fourth-order valence-electron chi connectivity index (χ4n) is 2.39. The van der Waals surface area contributed by atoms with Crippen molar-refractivity contribution in [1.82, 2.24) is 4.57 Å². The molecule has 0 aliphatic carbocycles. The number of aromatic nitrogens is 1. The minimum absolute atomic E-state index is 0.0396. The number of anilines is 1. The summed E-state index contributed by atoms with van der Waals surface area (Å²) in [5.41, 5.74) is 0.882. The van der Waals surface area contributed by atoms with Gasteiger partial charge in [-0.25, -0.2) is 4.39 Å². The first kappa shape index (κ1) is 15.7. The standard InChI is InChI=1S/C19H15FN2O2/c20-15-7-4-6-14(12-15)13-22-11-5-10-17(19(22)24)18(23)21-16-8-2-1-3-9-16/h1-12H,13H2,(H,21,23). The van der Waals surface area contributed by atoms with Crippen molar-refractivity contribution >= 4 is 11.6 Å². The molecule has 1 heterocycles. The normalized spacial score (nSPS) is 10.4. The summed E-state index contributed by atoms with van der Waals surface area (Å²) >= 11 is 0. The van der Waals surface area contributed by atoms with Gasteiger partial charge in [0.15, 0.2) is 0 Å². The number of para-hydroxylation sites is 1. The molecule has 0 aliphatic heterocycles. The lowest BCUT2D eigenvalue weighted by Gasteiger charge is -2.09. The number of amides is 1. The smallest absolute Gasteiger partial charge is 0.263 e. The van der Waals surface area contributed by atoms with E-state index in [0.717, 1.165) is 0 Å². The van der Waals surface area contributed by atoms with Crippen molar-refractivity contribution in [2.75, 3.05) is 5.32 Å². The van der Waals surface area contributed by atoms with Crippen molar-refractivity contribution < 1.29 is 9.18 Å². The zero-order valence-electron chi connectivity index (χ0n) is 12.8. The molecule has 0 unspecified atom stereocenters. The zero-order valence-corrected chi connectivity index (χ0v) is 12.8. The summed E-state index contributed by atoms with van der Waals surface area (Å²) in [6.45, 7) is 0.197. The van der Waals surface area contributed by atoms with Crippen LogP contribution in [-0.2, 0) is 6.54 Å². The van der Waals surface area contributed by atoms with Crippen molar-refractivity contribution in [3.8, 4) is 0 Å². The van der Waals surface area contributed by atoms with Crippen LogP contribution in [0.3, 0.4) is 0 Å². The van der Waals surface area contributed by atoms with E-state index in [9.17, 15) is 14.0 Å². The van der Waals surface area contributed by atoms with Crippen molar-refractivity contribution in [3.63, 3.8) is 0 Å². The minimum Gasteiger partial charge on any atom is -0.322 e. The summed E-state index contributed by atoms with van der Waals surface area (Å²) in [5, 5.41) is 2.69. The third-order valence-electron chi connectivity index (χ3n) is 3.54. The number of hydrogen-bond acceptors (Lipinski definition) is 2. The maximum absolute atomic E-state index is 13.3. The maximum atomic E-state index is 13.3. The predicted molar refractivity (Wildman–Crippen MR) is 90.6 cm³/mol. The molecule has 5 heteroatoms. The van der Waals surface area contributed by atoms with Gasteiger partial charge in [0.2, 0.25) is 0 Å². The summed E-state index contributed by atoms with van der Waals surface area (Å²) in [6, 6.07) is 18.0. The Labute approximate surface area is 138 Å². The van der Waals surface area contributed by atoms with Gasteiger partial charge in [0.05, 0.1) is 6.54 Å². The largest absolute Gasteiger partial charge is 0.322 e. The van der Waals surface area contributed by atoms with Crippen molar-refractivity contribution in [2.24, 2.45) is 0 Å². The highest BCUT2D eigenvalue weighted by atomic mass is 19.1. The Bertz CT molecular complexity index is 920. The molecule has 0 saturated heterocycles. The molecule has 2 aromatic carbocycles. The number of nitrogens with zero attached hydrogens (tertiary/aromatic N) is 1. The van der Waals surface area contributed by atoms with Crippen LogP contribution in [0.1, 0.15) is 15.9 Å². The van der Waals surface area contributed by atoms with E-state index >= 15 is 0 Å². The van der Waals surface area contributed by atoms with Gasteiger partial charge in [0.1, 0.15) is 11.4 Å². The molecule has 120 valence electrons. The first-order chi connectivity index (χ1) is 11.6. The van der Waals surface area contributed by atoms with Gasteiger partial charge in [-0.05, 0) is 42.0 Å².